The van der Waals surface area contributed by atoms with Gasteiger partial charge in [0, 0.05) is 5.56 Å². The summed E-state index contributed by atoms with van der Waals surface area (Å²) in [6.07, 6.45) is -1.42. The van der Waals surface area contributed by atoms with E-state index in [0.717, 1.165) is 5.56 Å². The predicted octanol–water partition coefficient (Wildman–Crippen LogP) is -1.01. The molecular formula is C9H11FNO2+. The normalized spacial score (nSPS) is 20.8. The number of aliphatic hydroxyl groups is 2. The molecule has 4 heteroatoms. The summed E-state index contributed by atoms with van der Waals surface area (Å²) in [5, 5.41) is 17.8. The van der Waals surface area contributed by atoms with Crippen molar-refractivity contribution in [3.63, 3.8) is 0 Å². The lowest BCUT2D eigenvalue weighted by Crippen LogP contribution is -3.12. The smallest absolute Gasteiger partial charge is 0.302 e. The fraction of sp³-hybridized carbons (Fsp3) is 0.333. The van der Waals surface area contributed by atoms with Gasteiger partial charge < -0.3 is 10.2 Å². The van der Waals surface area contributed by atoms with E-state index in [2.05, 4.69) is 0 Å². The molecule has 1 heterocycles. The number of benzene rings is 1. The topological polar surface area (TPSA) is 44.9 Å². The average molecular weight is 184 g/mol. The van der Waals surface area contributed by atoms with Crippen molar-refractivity contribution in [1.29, 1.82) is 0 Å². The lowest BCUT2D eigenvalue weighted by Gasteiger charge is -2.12. The number of nitrogens with one attached hydrogen (secondary N) is 1. The van der Waals surface area contributed by atoms with Crippen LogP contribution >= 0.6 is 0 Å². The Morgan fingerprint density at radius 1 is 1.31 bits per heavy atom. The molecule has 0 amide bonds. The fourth-order valence-electron chi connectivity index (χ4n) is 1.68. The second-order valence-electron chi connectivity index (χ2n) is 3.26. The van der Waals surface area contributed by atoms with Crippen LogP contribution in [0.25, 0.3) is 0 Å². The molecule has 3 N–H and O–H groups in total. The van der Waals surface area contributed by atoms with E-state index in [0.29, 0.717) is 23.6 Å². The van der Waals surface area contributed by atoms with Crippen LogP contribution in [-0.2, 0) is 13.1 Å². The molecule has 0 bridgehead atoms. The lowest BCUT2D eigenvalue weighted by atomic mass is 10.1. The molecule has 1 atom stereocenters. The van der Waals surface area contributed by atoms with Crippen molar-refractivity contribution in [2.75, 3.05) is 0 Å². The maximum absolute atomic E-state index is 13.2. The van der Waals surface area contributed by atoms with Crippen LogP contribution in [0.15, 0.2) is 18.2 Å². The Morgan fingerprint density at radius 3 is 2.69 bits per heavy atom. The zero-order chi connectivity index (χ0) is 9.42. The van der Waals surface area contributed by atoms with E-state index in [-0.39, 0.29) is 5.82 Å². The maximum atomic E-state index is 13.2. The largest absolute Gasteiger partial charge is 0.322 e. The summed E-state index contributed by atoms with van der Waals surface area (Å²) in [5.74, 6) is -0.256. The molecule has 0 radical (unpaired) electrons. The number of rotatable bonds is 1. The van der Waals surface area contributed by atoms with Crippen LogP contribution in [0, 0.1) is 5.82 Å². The van der Waals surface area contributed by atoms with Gasteiger partial charge in [-0.25, -0.2) is 4.39 Å². The van der Waals surface area contributed by atoms with Gasteiger partial charge in [-0.15, -0.1) is 0 Å². The van der Waals surface area contributed by atoms with Crippen LogP contribution in [0.4, 0.5) is 4.39 Å². The summed E-state index contributed by atoms with van der Waals surface area (Å²) in [7, 11) is 0. The molecule has 0 fully saturated rings. The number of quaternary nitrogens is 1. The van der Waals surface area contributed by atoms with E-state index < -0.39 is 6.41 Å². The van der Waals surface area contributed by atoms with Crippen molar-refractivity contribution in [2.24, 2.45) is 0 Å². The first kappa shape index (κ1) is 8.62. The Bertz CT molecular complexity index is 327. The molecule has 1 aliphatic rings. The summed E-state index contributed by atoms with van der Waals surface area (Å²) < 4.78 is 13.2. The monoisotopic (exact) mass is 184 g/mol. The Hall–Kier alpha value is -0.970. The van der Waals surface area contributed by atoms with Crippen LogP contribution in [0.1, 0.15) is 11.1 Å². The summed E-state index contributed by atoms with van der Waals surface area (Å²) in [5.41, 5.74) is 1.47. The summed E-state index contributed by atoms with van der Waals surface area (Å²) in [6.45, 7) is 0.824. The minimum Gasteiger partial charge on any atom is -0.322 e. The summed E-state index contributed by atoms with van der Waals surface area (Å²) in [6, 6.07) is 4.85. The molecule has 0 spiro atoms. The highest BCUT2D eigenvalue weighted by molar-refractivity contribution is 5.28. The van der Waals surface area contributed by atoms with Gasteiger partial charge in [-0.2, -0.15) is 0 Å². The molecule has 0 aliphatic carbocycles. The van der Waals surface area contributed by atoms with Crippen molar-refractivity contribution in [3.05, 3.63) is 35.1 Å². The van der Waals surface area contributed by atoms with E-state index >= 15 is 0 Å². The van der Waals surface area contributed by atoms with Crippen LogP contribution in [0.5, 0.6) is 0 Å². The zero-order valence-corrected chi connectivity index (χ0v) is 7.00. The van der Waals surface area contributed by atoms with Gasteiger partial charge in [0.2, 0.25) is 0 Å². The standard InChI is InChI=1S/C9H10FNO2/c10-8-3-1-2-6-4-11(9(12)13)5-7(6)8/h1-3,9,12-13H,4-5H2/p+1. The van der Waals surface area contributed by atoms with E-state index in [4.69, 9.17) is 10.2 Å². The molecule has 0 saturated carbocycles. The molecule has 1 aromatic rings. The van der Waals surface area contributed by atoms with Gasteiger partial charge in [-0.3, -0.25) is 4.90 Å². The number of halogens is 1. The second kappa shape index (κ2) is 3.06. The zero-order valence-electron chi connectivity index (χ0n) is 7.00. The molecule has 2 rings (SSSR count). The maximum Gasteiger partial charge on any atom is 0.302 e. The van der Waals surface area contributed by atoms with Crippen LogP contribution in [0.2, 0.25) is 0 Å². The average Bonchev–Trinajstić information content (AvgIpc) is 2.49. The molecule has 70 valence electrons. The third-order valence-electron chi connectivity index (χ3n) is 2.40. The summed E-state index contributed by atoms with van der Waals surface area (Å²) >= 11 is 0. The van der Waals surface area contributed by atoms with E-state index in [1.165, 1.54) is 6.07 Å². The van der Waals surface area contributed by atoms with Crippen molar-refractivity contribution in [1.82, 2.24) is 0 Å². The van der Waals surface area contributed by atoms with Gasteiger partial charge in [0.25, 0.3) is 0 Å². The van der Waals surface area contributed by atoms with Crippen LogP contribution in [0.3, 0.4) is 0 Å². The highest BCUT2D eigenvalue weighted by Gasteiger charge is 2.28. The first-order valence-corrected chi connectivity index (χ1v) is 4.15. The lowest BCUT2D eigenvalue weighted by molar-refractivity contribution is -0.990. The van der Waals surface area contributed by atoms with Gasteiger partial charge in [0.15, 0.2) is 0 Å². The minimum absolute atomic E-state index is 0.256. The Morgan fingerprint density at radius 2 is 2.08 bits per heavy atom. The van der Waals surface area contributed by atoms with E-state index in [1.807, 2.05) is 6.07 Å². The van der Waals surface area contributed by atoms with Crippen LogP contribution in [-0.4, -0.2) is 16.6 Å². The van der Waals surface area contributed by atoms with Crippen LogP contribution < -0.4 is 4.90 Å². The third-order valence-corrected chi connectivity index (χ3v) is 2.40. The molecule has 3 nitrogen and oxygen atoms in total. The molecule has 1 unspecified atom stereocenters. The van der Waals surface area contributed by atoms with Crippen molar-refractivity contribution in [2.45, 2.75) is 19.5 Å². The quantitative estimate of drug-likeness (QED) is 0.490. The molecule has 13 heavy (non-hydrogen) atoms. The van der Waals surface area contributed by atoms with Crippen molar-refractivity contribution >= 4 is 0 Å². The van der Waals surface area contributed by atoms with E-state index in [9.17, 15) is 4.39 Å². The summed E-state index contributed by atoms with van der Waals surface area (Å²) in [4.78, 5) is 0.570. The van der Waals surface area contributed by atoms with Gasteiger partial charge >= 0.3 is 6.41 Å². The SMILES string of the molecule is OC(O)[NH+]1Cc2cccc(F)c2C1. The number of aliphatic hydroxyl groups excluding tert-OH is 1. The van der Waals surface area contributed by atoms with Gasteiger partial charge in [0.1, 0.15) is 18.9 Å². The van der Waals surface area contributed by atoms with Gasteiger partial charge in [0.05, 0.1) is 5.56 Å². The predicted molar refractivity (Wildman–Crippen MR) is 43.0 cm³/mol. The minimum atomic E-state index is -1.42. The van der Waals surface area contributed by atoms with E-state index in [1.54, 1.807) is 6.07 Å². The highest BCUT2D eigenvalue weighted by atomic mass is 19.1. The van der Waals surface area contributed by atoms with Crippen molar-refractivity contribution < 1.29 is 19.5 Å². The third kappa shape index (κ3) is 1.44. The van der Waals surface area contributed by atoms with Crippen molar-refractivity contribution in [3.8, 4) is 0 Å². The Labute approximate surface area is 75.0 Å². The Balaban J connectivity index is 2.30. The molecule has 0 aromatic heterocycles. The van der Waals surface area contributed by atoms with Gasteiger partial charge in [-0.1, -0.05) is 12.1 Å². The molecule has 0 saturated heterocycles. The highest BCUT2D eigenvalue weighted by Crippen LogP contribution is 2.15. The second-order valence-corrected chi connectivity index (χ2v) is 3.26. The first-order valence-electron chi connectivity index (χ1n) is 4.15. The fourth-order valence-corrected chi connectivity index (χ4v) is 1.68. The van der Waals surface area contributed by atoms with Gasteiger partial charge in [-0.05, 0) is 6.07 Å². The molecule has 1 aromatic carbocycles. The Kier molecular flexibility index (Phi) is 2.03. The number of fused-ring (bicyclic) bond motifs is 1. The number of hydrogen-bond donors (Lipinski definition) is 3. The molecule has 1 aliphatic heterocycles. The number of hydrogen-bond acceptors (Lipinski definition) is 2. The first-order chi connectivity index (χ1) is 6.18. The molecular weight excluding hydrogens is 173 g/mol.